The monoisotopic (exact) mass is 396 g/mol. The Kier molecular flexibility index (Phi) is 6.44. The third-order valence-corrected chi connectivity index (χ3v) is 5.55. The van der Waals surface area contributed by atoms with Gasteiger partial charge in [0.05, 0.1) is 24.1 Å². The van der Waals surface area contributed by atoms with Crippen LogP contribution in [-0.2, 0) is 9.47 Å². The van der Waals surface area contributed by atoms with Crippen molar-refractivity contribution in [3.63, 3.8) is 0 Å². The van der Waals surface area contributed by atoms with Gasteiger partial charge >= 0.3 is 0 Å². The summed E-state index contributed by atoms with van der Waals surface area (Å²) in [5.74, 6) is 0.0762. The molecule has 0 amide bonds. The lowest BCUT2D eigenvalue weighted by Gasteiger charge is -2.31. The zero-order chi connectivity index (χ0) is 18.5. The van der Waals surface area contributed by atoms with Gasteiger partial charge in [-0.1, -0.05) is 41.1 Å². The van der Waals surface area contributed by atoms with Crippen LogP contribution in [0.15, 0.2) is 30.6 Å². The van der Waals surface area contributed by atoms with Crippen molar-refractivity contribution in [2.75, 3.05) is 40.5 Å². The van der Waals surface area contributed by atoms with Crippen LogP contribution in [0.5, 0.6) is 5.88 Å². The Balaban J connectivity index is 2.09. The van der Waals surface area contributed by atoms with Gasteiger partial charge in [-0.2, -0.15) is 9.61 Å². The smallest absolute Gasteiger partial charge is 0.230 e. The molecule has 7 nitrogen and oxygen atoms in total. The van der Waals surface area contributed by atoms with Crippen molar-refractivity contribution < 1.29 is 14.6 Å². The highest BCUT2D eigenvalue weighted by atomic mass is 35.5. The van der Waals surface area contributed by atoms with E-state index in [1.54, 1.807) is 14.2 Å². The number of thiazole rings is 1. The molecule has 0 aliphatic heterocycles. The fourth-order valence-corrected chi connectivity index (χ4v) is 4.18. The van der Waals surface area contributed by atoms with Crippen molar-refractivity contribution in [1.29, 1.82) is 0 Å². The molecule has 1 atom stereocenters. The summed E-state index contributed by atoms with van der Waals surface area (Å²) in [6.45, 7) is 2.41. The quantitative estimate of drug-likeness (QED) is 0.599. The average molecular weight is 397 g/mol. The van der Waals surface area contributed by atoms with Crippen LogP contribution >= 0.6 is 22.9 Å². The van der Waals surface area contributed by atoms with Gasteiger partial charge in [-0.05, 0) is 11.6 Å². The number of fused-ring (bicyclic) bond motifs is 1. The first kappa shape index (κ1) is 19.1. The van der Waals surface area contributed by atoms with Crippen molar-refractivity contribution >= 4 is 27.9 Å². The summed E-state index contributed by atoms with van der Waals surface area (Å²) in [6, 6.07) is 7.38. The van der Waals surface area contributed by atoms with E-state index in [0.29, 0.717) is 36.3 Å². The molecule has 0 fully saturated rings. The summed E-state index contributed by atoms with van der Waals surface area (Å²) in [5.41, 5.74) is 0.904. The number of nitrogens with zero attached hydrogens (tertiary/aromatic N) is 4. The van der Waals surface area contributed by atoms with Gasteiger partial charge in [-0.25, -0.2) is 4.98 Å². The van der Waals surface area contributed by atoms with Crippen molar-refractivity contribution in [2.45, 2.75) is 6.04 Å². The highest BCUT2D eigenvalue weighted by Gasteiger charge is 2.30. The van der Waals surface area contributed by atoms with Gasteiger partial charge in [-0.3, -0.25) is 4.90 Å². The normalized spacial score (nSPS) is 12.9. The molecule has 0 radical (unpaired) electrons. The second-order valence-electron chi connectivity index (χ2n) is 5.69. The van der Waals surface area contributed by atoms with E-state index >= 15 is 0 Å². The van der Waals surface area contributed by atoms with Gasteiger partial charge in [0.1, 0.15) is 6.33 Å². The summed E-state index contributed by atoms with van der Waals surface area (Å²) in [7, 11) is 3.33. The third kappa shape index (κ3) is 3.84. The van der Waals surface area contributed by atoms with E-state index in [-0.39, 0.29) is 11.9 Å². The SMILES string of the molecule is COCCN(CCOC)C(c1ccccc1Cl)c1sc2ncnn2c1O. The Labute approximate surface area is 160 Å². The van der Waals surface area contributed by atoms with Gasteiger partial charge in [0, 0.05) is 32.3 Å². The van der Waals surface area contributed by atoms with E-state index in [1.165, 1.54) is 22.2 Å². The molecule has 2 aromatic heterocycles. The number of rotatable bonds is 9. The minimum absolute atomic E-state index is 0.0762. The highest BCUT2D eigenvalue weighted by Crippen LogP contribution is 2.41. The molecule has 0 saturated carbocycles. The molecule has 140 valence electrons. The van der Waals surface area contributed by atoms with Gasteiger partial charge in [-0.15, -0.1) is 0 Å². The van der Waals surface area contributed by atoms with E-state index in [4.69, 9.17) is 21.1 Å². The molecule has 0 aliphatic rings. The summed E-state index contributed by atoms with van der Waals surface area (Å²) in [4.78, 5) is 7.74. The second kappa shape index (κ2) is 8.79. The number of hydrogen-bond acceptors (Lipinski definition) is 7. The molecule has 26 heavy (non-hydrogen) atoms. The van der Waals surface area contributed by atoms with E-state index in [9.17, 15) is 5.11 Å². The fraction of sp³-hybridized carbons (Fsp3) is 0.412. The molecule has 1 aromatic carbocycles. The number of aromatic nitrogens is 3. The first-order valence-corrected chi connectivity index (χ1v) is 9.34. The molecule has 0 bridgehead atoms. The van der Waals surface area contributed by atoms with E-state index in [2.05, 4.69) is 15.0 Å². The van der Waals surface area contributed by atoms with E-state index in [0.717, 1.165) is 10.4 Å². The number of benzene rings is 1. The van der Waals surface area contributed by atoms with Crippen LogP contribution in [0.25, 0.3) is 4.96 Å². The molecule has 3 aromatic rings. The minimum Gasteiger partial charge on any atom is -0.492 e. The molecule has 1 N–H and O–H groups in total. The Morgan fingerprint density at radius 3 is 2.54 bits per heavy atom. The maximum Gasteiger partial charge on any atom is 0.230 e. The van der Waals surface area contributed by atoms with E-state index in [1.807, 2.05) is 24.3 Å². The molecule has 0 aliphatic carbocycles. The maximum atomic E-state index is 10.7. The van der Waals surface area contributed by atoms with Gasteiger partial charge in [0.15, 0.2) is 0 Å². The summed E-state index contributed by atoms with van der Waals surface area (Å²) >= 11 is 7.90. The van der Waals surface area contributed by atoms with Crippen LogP contribution in [-0.4, -0.2) is 65.1 Å². The number of ether oxygens (including phenoxy) is 2. The predicted molar refractivity (Wildman–Crippen MR) is 101 cm³/mol. The summed E-state index contributed by atoms with van der Waals surface area (Å²) in [5, 5.41) is 15.5. The van der Waals surface area contributed by atoms with Crippen molar-refractivity contribution in [3.05, 3.63) is 46.1 Å². The largest absolute Gasteiger partial charge is 0.492 e. The van der Waals surface area contributed by atoms with Crippen LogP contribution in [0.3, 0.4) is 0 Å². The lowest BCUT2D eigenvalue weighted by Crippen LogP contribution is -2.35. The zero-order valence-corrected chi connectivity index (χ0v) is 16.2. The molecule has 9 heteroatoms. The topological polar surface area (TPSA) is 72.1 Å². The van der Waals surface area contributed by atoms with Crippen LogP contribution in [0.4, 0.5) is 0 Å². The average Bonchev–Trinajstić information content (AvgIpc) is 3.22. The second-order valence-corrected chi connectivity index (χ2v) is 7.11. The molecular formula is C17H21ClN4O3S. The van der Waals surface area contributed by atoms with Crippen molar-refractivity contribution in [3.8, 4) is 5.88 Å². The highest BCUT2D eigenvalue weighted by molar-refractivity contribution is 7.17. The van der Waals surface area contributed by atoms with Gasteiger partial charge in [0.25, 0.3) is 0 Å². The molecule has 0 spiro atoms. The van der Waals surface area contributed by atoms with Gasteiger partial charge < -0.3 is 14.6 Å². The van der Waals surface area contributed by atoms with Gasteiger partial charge in [0.2, 0.25) is 10.8 Å². The van der Waals surface area contributed by atoms with Crippen LogP contribution in [0.2, 0.25) is 5.02 Å². The number of methoxy groups -OCH3 is 2. The van der Waals surface area contributed by atoms with Crippen LogP contribution < -0.4 is 0 Å². The summed E-state index contributed by atoms with van der Waals surface area (Å²) < 4.78 is 12.0. The first-order chi connectivity index (χ1) is 12.7. The standard InChI is InChI=1S/C17H21ClN4O3S/c1-24-9-7-21(8-10-25-2)14(12-5-3-4-6-13(12)18)15-16(23)22-17(26-15)19-11-20-22/h3-6,11,14,23H,7-10H2,1-2H3. The molecule has 3 rings (SSSR count). The zero-order valence-electron chi connectivity index (χ0n) is 14.6. The molecule has 1 unspecified atom stereocenters. The lowest BCUT2D eigenvalue weighted by atomic mass is 10.0. The maximum absolute atomic E-state index is 10.7. The Hall–Kier alpha value is -1.71. The third-order valence-electron chi connectivity index (χ3n) is 4.12. The molecule has 2 heterocycles. The molecular weight excluding hydrogens is 376 g/mol. The fourth-order valence-electron chi connectivity index (χ4n) is 2.86. The Morgan fingerprint density at radius 2 is 1.92 bits per heavy atom. The number of halogens is 1. The number of aromatic hydroxyl groups is 1. The lowest BCUT2D eigenvalue weighted by molar-refractivity contribution is 0.0973. The van der Waals surface area contributed by atoms with E-state index < -0.39 is 0 Å². The summed E-state index contributed by atoms with van der Waals surface area (Å²) in [6.07, 6.45) is 1.42. The van der Waals surface area contributed by atoms with Crippen molar-refractivity contribution in [1.82, 2.24) is 19.5 Å². The molecule has 0 saturated heterocycles. The van der Waals surface area contributed by atoms with Crippen LogP contribution in [0, 0.1) is 0 Å². The first-order valence-electron chi connectivity index (χ1n) is 8.15. The predicted octanol–water partition coefficient (Wildman–Crippen LogP) is 2.83. The van der Waals surface area contributed by atoms with Crippen molar-refractivity contribution in [2.24, 2.45) is 0 Å². The Bertz CT molecular complexity index is 846. The number of hydrogen-bond donors (Lipinski definition) is 1. The minimum atomic E-state index is -0.262. The van der Waals surface area contributed by atoms with Crippen LogP contribution in [0.1, 0.15) is 16.5 Å². The Morgan fingerprint density at radius 1 is 1.23 bits per heavy atom.